The van der Waals surface area contributed by atoms with Crippen LogP contribution in [-0.4, -0.2) is 6.29 Å². The van der Waals surface area contributed by atoms with Gasteiger partial charge in [-0.3, -0.25) is 4.79 Å². The molecule has 0 atom stereocenters. The van der Waals surface area contributed by atoms with E-state index in [-0.39, 0.29) is 11.3 Å². The fourth-order valence-electron chi connectivity index (χ4n) is 0.681. The summed E-state index contributed by atoms with van der Waals surface area (Å²) in [6.45, 7) is 6.54. The minimum Gasteiger partial charge on any atom is -0.298 e. The maximum absolute atomic E-state index is 12.7. The van der Waals surface area contributed by atoms with E-state index < -0.39 is 5.82 Å². The zero-order chi connectivity index (χ0) is 8.27. The van der Waals surface area contributed by atoms with Crippen LogP contribution in [0.25, 0.3) is 4.85 Å². The number of benzene rings is 1. The van der Waals surface area contributed by atoms with Crippen molar-refractivity contribution in [2.45, 2.75) is 0 Å². The Morgan fingerprint density at radius 3 is 2.73 bits per heavy atom. The molecule has 0 aromatic heterocycles. The van der Waals surface area contributed by atoms with Gasteiger partial charge >= 0.3 is 0 Å². The Balaban J connectivity index is 3.22. The van der Waals surface area contributed by atoms with Crippen molar-refractivity contribution >= 4 is 12.0 Å². The van der Waals surface area contributed by atoms with Gasteiger partial charge in [-0.2, -0.15) is 0 Å². The molecule has 11 heavy (non-hydrogen) atoms. The number of rotatable bonds is 1. The third-order valence-electron chi connectivity index (χ3n) is 1.24. The van der Waals surface area contributed by atoms with Gasteiger partial charge in [0.2, 0.25) is 0 Å². The van der Waals surface area contributed by atoms with E-state index >= 15 is 0 Å². The maximum atomic E-state index is 12.7. The Kier molecular flexibility index (Phi) is 1.98. The van der Waals surface area contributed by atoms with Crippen molar-refractivity contribution in [1.29, 1.82) is 0 Å². The lowest BCUT2D eigenvalue weighted by Crippen LogP contribution is -1.84. The number of carbonyl (C=O) groups excluding carboxylic acids is 1. The first-order chi connectivity index (χ1) is 5.27. The minimum atomic E-state index is -0.645. The van der Waals surface area contributed by atoms with Crippen LogP contribution in [0, 0.1) is 12.4 Å². The minimum absolute atomic E-state index is 0.0163. The number of halogens is 1. The molecule has 0 aliphatic heterocycles. The molecule has 0 saturated heterocycles. The van der Waals surface area contributed by atoms with Crippen molar-refractivity contribution < 1.29 is 9.18 Å². The lowest BCUT2D eigenvalue weighted by atomic mass is 10.2. The molecule has 0 heterocycles. The van der Waals surface area contributed by atoms with Crippen LogP contribution in [0.15, 0.2) is 18.2 Å². The molecule has 1 aromatic carbocycles. The lowest BCUT2D eigenvalue weighted by molar-refractivity contribution is 0.112. The van der Waals surface area contributed by atoms with Crippen molar-refractivity contribution in [2.24, 2.45) is 0 Å². The van der Waals surface area contributed by atoms with E-state index in [1.54, 1.807) is 0 Å². The van der Waals surface area contributed by atoms with E-state index in [1.165, 1.54) is 12.1 Å². The first-order valence-electron chi connectivity index (χ1n) is 2.90. The standard InChI is InChI=1S/C8H4FNO/c1-10-7-3-2-6(5-11)8(9)4-7/h2-5H. The van der Waals surface area contributed by atoms with E-state index in [2.05, 4.69) is 4.85 Å². The van der Waals surface area contributed by atoms with E-state index in [9.17, 15) is 9.18 Å². The van der Waals surface area contributed by atoms with Crippen LogP contribution in [0.3, 0.4) is 0 Å². The first kappa shape index (κ1) is 7.42. The quantitative estimate of drug-likeness (QED) is 0.443. The largest absolute Gasteiger partial charge is 0.298 e. The molecule has 0 spiro atoms. The number of nitrogens with zero attached hydrogens (tertiary/aromatic N) is 1. The Bertz CT molecular complexity index is 327. The molecule has 0 saturated carbocycles. The summed E-state index contributed by atoms with van der Waals surface area (Å²) in [5.74, 6) is -0.645. The van der Waals surface area contributed by atoms with Crippen LogP contribution in [0.5, 0.6) is 0 Å². The number of hydrogen-bond donors (Lipinski definition) is 0. The maximum Gasteiger partial charge on any atom is 0.190 e. The highest BCUT2D eigenvalue weighted by Gasteiger charge is 2.00. The molecule has 0 unspecified atom stereocenters. The van der Waals surface area contributed by atoms with Crippen LogP contribution < -0.4 is 0 Å². The predicted molar refractivity (Wildman–Crippen MR) is 38.0 cm³/mol. The molecule has 0 N–H and O–H groups in total. The van der Waals surface area contributed by atoms with Crippen LogP contribution >= 0.6 is 0 Å². The molecule has 1 rings (SSSR count). The number of carbonyl (C=O) groups is 1. The highest BCUT2D eigenvalue weighted by Crippen LogP contribution is 2.15. The fraction of sp³-hybridized carbons (Fsp3) is 0. The topological polar surface area (TPSA) is 21.4 Å². The van der Waals surface area contributed by atoms with Gasteiger partial charge in [-0.25, -0.2) is 9.24 Å². The highest BCUT2D eigenvalue weighted by molar-refractivity contribution is 5.76. The normalized spacial score (nSPS) is 8.73. The Morgan fingerprint density at radius 1 is 1.55 bits per heavy atom. The Morgan fingerprint density at radius 2 is 2.27 bits per heavy atom. The number of aldehydes is 1. The van der Waals surface area contributed by atoms with Gasteiger partial charge in [-0.05, 0) is 6.07 Å². The van der Waals surface area contributed by atoms with Gasteiger partial charge in [0.05, 0.1) is 6.57 Å². The smallest absolute Gasteiger partial charge is 0.190 e. The van der Waals surface area contributed by atoms with Gasteiger partial charge in [0.1, 0.15) is 5.82 Å². The summed E-state index contributed by atoms with van der Waals surface area (Å²) in [6.07, 6.45) is 0.420. The molecule has 2 nitrogen and oxygen atoms in total. The monoisotopic (exact) mass is 149 g/mol. The summed E-state index contributed by atoms with van der Waals surface area (Å²) in [7, 11) is 0. The fourth-order valence-corrected chi connectivity index (χ4v) is 0.681. The Labute approximate surface area is 63.1 Å². The number of hydrogen-bond acceptors (Lipinski definition) is 1. The third kappa shape index (κ3) is 1.41. The molecular weight excluding hydrogens is 145 g/mol. The van der Waals surface area contributed by atoms with Crippen molar-refractivity contribution in [1.82, 2.24) is 0 Å². The van der Waals surface area contributed by atoms with Crippen LogP contribution in [0.1, 0.15) is 10.4 Å². The average molecular weight is 149 g/mol. The summed E-state index contributed by atoms with van der Waals surface area (Å²) in [4.78, 5) is 13.1. The summed E-state index contributed by atoms with van der Waals surface area (Å²) in [5, 5.41) is 0. The molecule has 0 aliphatic carbocycles. The van der Waals surface area contributed by atoms with Gasteiger partial charge in [-0.1, -0.05) is 12.1 Å². The van der Waals surface area contributed by atoms with Gasteiger partial charge in [0.25, 0.3) is 0 Å². The zero-order valence-corrected chi connectivity index (χ0v) is 5.54. The molecule has 54 valence electrons. The first-order valence-corrected chi connectivity index (χ1v) is 2.90. The molecule has 0 radical (unpaired) electrons. The van der Waals surface area contributed by atoms with Crippen LogP contribution in [0.4, 0.5) is 10.1 Å². The molecule has 0 amide bonds. The lowest BCUT2D eigenvalue weighted by Gasteiger charge is -1.92. The van der Waals surface area contributed by atoms with Crippen molar-refractivity contribution in [3.8, 4) is 0 Å². The van der Waals surface area contributed by atoms with E-state index in [4.69, 9.17) is 6.57 Å². The van der Waals surface area contributed by atoms with Gasteiger partial charge in [0, 0.05) is 5.56 Å². The average Bonchev–Trinajstić information content (AvgIpc) is 2.04. The third-order valence-corrected chi connectivity index (χ3v) is 1.24. The van der Waals surface area contributed by atoms with Gasteiger partial charge in [-0.15, -0.1) is 0 Å². The molecule has 0 aliphatic rings. The SMILES string of the molecule is [C-]#[N+]c1ccc(C=O)c(F)c1. The van der Waals surface area contributed by atoms with E-state index in [0.717, 1.165) is 6.07 Å². The molecule has 0 fully saturated rings. The van der Waals surface area contributed by atoms with Crippen molar-refractivity contribution in [3.05, 3.63) is 41.0 Å². The summed E-state index contributed by atoms with van der Waals surface area (Å²) < 4.78 is 12.7. The second kappa shape index (κ2) is 2.93. The predicted octanol–water partition coefficient (Wildman–Crippen LogP) is 2.19. The molecule has 0 bridgehead atoms. The van der Waals surface area contributed by atoms with Crippen molar-refractivity contribution in [3.63, 3.8) is 0 Å². The summed E-state index contributed by atoms with van der Waals surface area (Å²) in [5.41, 5.74) is 0.186. The van der Waals surface area contributed by atoms with Gasteiger partial charge in [0.15, 0.2) is 12.0 Å². The van der Waals surface area contributed by atoms with E-state index in [1.807, 2.05) is 0 Å². The summed E-state index contributed by atoms with van der Waals surface area (Å²) in [6, 6.07) is 3.73. The Hall–Kier alpha value is -1.69. The highest BCUT2D eigenvalue weighted by atomic mass is 19.1. The van der Waals surface area contributed by atoms with Gasteiger partial charge < -0.3 is 0 Å². The van der Waals surface area contributed by atoms with Crippen LogP contribution in [-0.2, 0) is 0 Å². The summed E-state index contributed by atoms with van der Waals surface area (Å²) >= 11 is 0. The molecular formula is C8H4FNO. The molecule has 3 heteroatoms. The second-order valence-corrected chi connectivity index (χ2v) is 1.94. The second-order valence-electron chi connectivity index (χ2n) is 1.94. The molecule has 1 aromatic rings. The van der Waals surface area contributed by atoms with Crippen LogP contribution in [0.2, 0.25) is 0 Å². The van der Waals surface area contributed by atoms with Crippen molar-refractivity contribution in [2.75, 3.05) is 0 Å². The zero-order valence-electron chi connectivity index (χ0n) is 5.54. The van der Waals surface area contributed by atoms with E-state index in [0.29, 0.717) is 6.29 Å².